The number of anilines is 1. The Labute approximate surface area is 102 Å². The summed E-state index contributed by atoms with van der Waals surface area (Å²) in [5, 5.41) is 9.05. The number of nitrogen functional groups attached to an aromatic ring is 1. The van der Waals surface area contributed by atoms with Crippen molar-refractivity contribution in [1.29, 1.82) is 0 Å². The van der Waals surface area contributed by atoms with Crippen molar-refractivity contribution in [3.63, 3.8) is 0 Å². The van der Waals surface area contributed by atoms with Gasteiger partial charge in [-0.1, -0.05) is 0 Å². The third-order valence-electron chi connectivity index (χ3n) is 2.05. The van der Waals surface area contributed by atoms with E-state index < -0.39 is 25.4 Å². The highest BCUT2D eigenvalue weighted by molar-refractivity contribution is 7.52. The molecule has 1 unspecified atom stereocenters. The van der Waals surface area contributed by atoms with Crippen molar-refractivity contribution in [2.75, 3.05) is 5.73 Å². The monoisotopic (exact) mass is 279 g/mol. The number of nitrogens with zero attached hydrogens (tertiary/aromatic N) is 2. The van der Waals surface area contributed by atoms with Crippen molar-refractivity contribution in [2.45, 2.75) is 25.6 Å². The van der Waals surface area contributed by atoms with Crippen molar-refractivity contribution in [3.8, 4) is 0 Å². The van der Waals surface area contributed by atoms with Crippen LogP contribution in [0.1, 0.15) is 6.92 Å². The van der Waals surface area contributed by atoms with E-state index in [-0.39, 0.29) is 12.4 Å². The Kier molecular flexibility index (Phi) is 4.60. The lowest BCUT2D eigenvalue weighted by Crippen LogP contribution is -2.31. The van der Waals surface area contributed by atoms with E-state index in [1.807, 2.05) is 0 Å². The largest absolute Gasteiger partial charge is 0.385 e. The van der Waals surface area contributed by atoms with Crippen LogP contribution in [0.3, 0.4) is 0 Å². The summed E-state index contributed by atoms with van der Waals surface area (Å²) in [6, 6.07) is -0.839. The number of aliphatic hydroxyl groups excluding tert-OH is 1. The summed E-state index contributed by atoms with van der Waals surface area (Å²) in [6.07, 6.45) is 0.404. The molecule has 2 atom stereocenters. The fraction of sp³-hybridized carbons (Fsp3) is 0.500. The van der Waals surface area contributed by atoms with E-state index in [0.717, 1.165) is 4.57 Å². The summed E-state index contributed by atoms with van der Waals surface area (Å²) in [7, 11) is -4.74. The van der Waals surface area contributed by atoms with Gasteiger partial charge >= 0.3 is 13.3 Å². The smallest absolute Gasteiger partial charge is 0.381 e. The minimum Gasteiger partial charge on any atom is -0.385 e. The highest BCUT2D eigenvalue weighted by Crippen LogP contribution is 2.40. The Morgan fingerprint density at radius 2 is 2.22 bits per heavy atom. The second-order valence-corrected chi connectivity index (χ2v) is 5.24. The SMILES string of the molecule is CC(Cn1c(N)ccnc1=O)O[C@H](O)P(=O)(O)O. The van der Waals surface area contributed by atoms with Gasteiger partial charge in [-0.15, -0.1) is 0 Å². The van der Waals surface area contributed by atoms with Crippen LogP contribution in [0.4, 0.5) is 5.82 Å². The molecule has 0 spiro atoms. The first kappa shape index (κ1) is 14.8. The summed E-state index contributed by atoms with van der Waals surface area (Å²) >= 11 is 0. The minimum absolute atomic E-state index is 0.0877. The van der Waals surface area contributed by atoms with E-state index >= 15 is 0 Å². The van der Waals surface area contributed by atoms with Crippen LogP contribution in [0.5, 0.6) is 0 Å². The highest BCUT2D eigenvalue weighted by Gasteiger charge is 2.29. The highest BCUT2D eigenvalue weighted by atomic mass is 31.2. The molecule has 0 aliphatic heterocycles. The van der Waals surface area contributed by atoms with Gasteiger partial charge in [0.2, 0.25) is 0 Å². The number of nitrogens with two attached hydrogens (primary N) is 1. The lowest BCUT2D eigenvalue weighted by molar-refractivity contribution is -0.0938. The van der Waals surface area contributed by atoms with Crippen LogP contribution in [0, 0.1) is 0 Å². The van der Waals surface area contributed by atoms with Gasteiger partial charge in [0, 0.05) is 6.20 Å². The maximum absolute atomic E-state index is 11.4. The zero-order chi connectivity index (χ0) is 13.9. The standard InChI is InChI=1S/C8H14N3O6P/c1-5(17-8(13)18(14,15)16)4-11-6(9)2-3-10-7(11)12/h2-3,5,8,13H,4,9H2,1H3,(H2,14,15,16)/t5?,8-/m0/s1. The van der Waals surface area contributed by atoms with E-state index in [0.29, 0.717) is 0 Å². The number of hydrogen-bond donors (Lipinski definition) is 4. The van der Waals surface area contributed by atoms with Crippen molar-refractivity contribution in [1.82, 2.24) is 9.55 Å². The van der Waals surface area contributed by atoms with Crippen molar-refractivity contribution in [3.05, 3.63) is 22.7 Å². The van der Waals surface area contributed by atoms with Crippen LogP contribution in [0.25, 0.3) is 0 Å². The van der Waals surface area contributed by atoms with Crippen LogP contribution in [0.2, 0.25) is 0 Å². The Balaban J connectivity index is 2.74. The molecule has 1 rings (SSSR count). The van der Waals surface area contributed by atoms with E-state index in [9.17, 15) is 9.36 Å². The molecule has 0 amide bonds. The number of ether oxygens (including phenoxy) is 1. The zero-order valence-electron chi connectivity index (χ0n) is 9.50. The Morgan fingerprint density at radius 1 is 1.61 bits per heavy atom. The van der Waals surface area contributed by atoms with Gasteiger partial charge in [-0.25, -0.2) is 9.78 Å². The first-order valence-electron chi connectivity index (χ1n) is 4.92. The molecule has 0 saturated heterocycles. The second-order valence-electron chi connectivity index (χ2n) is 3.62. The molecule has 1 aromatic rings. The Hall–Kier alpha value is -1.25. The van der Waals surface area contributed by atoms with Crippen LogP contribution in [-0.4, -0.2) is 36.6 Å². The molecule has 1 heterocycles. The first-order valence-corrected chi connectivity index (χ1v) is 6.60. The van der Waals surface area contributed by atoms with E-state index in [4.69, 9.17) is 20.6 Å². The normalized spacial score (nSPS) is 15.3. The maximum Gasteiger partial charge on any atom is 0.381 e. The number of aromatic nitrogens is 2. The number of rotatable bonds is 5. The van der Waals surface area contributed by atoms with Gasteiger partial charge in [-0.3, -0.25) is 9.13 Å². The van der Waals surface area contributed by atoms with Crippen LogP contribution in [-0.2, 0) is 15.8 Å². The predicted molar refractivity (Wildman–Crippen MR) is 61.5 cm³/mol. The molecule has 0 saturated carbocycles. The Bertz CT molecular complexity index is 512. The predicted octanol–water partition coefficient (Wildman–Crippen LogP) is -1.32. The molecule has 0 radical (unpaired) electrons. The van der Waals surface area contributed by atoms with Crippen molar-refractivity contribution in [2.24, 2.45) is 0 Å². The minimum atomic E-state index is -4.74. The summed E-state index contributed by atoms with van der Waals surface area (Å²) in [5.41, 5.74) is 4.92. The summed E-state index contributed by atoms with van der Waals surface area (Å²) < 4.78 is 16.4. The molecule has 0 aliphatic rings. The van der Waals surface area contributed by atoms with Crippen LogP contribution in [0.15, 0.2) is 17.1 Å². The van der Waals surface area contributed by atoms with Gasteiger partial charge in [0.15, 0.2) is 0 Å². The molecular weight excluding hydrogens is 265 g/mol. The molecular formula is C8H14N3O6P. The fourth-order valence-electron chi connectivity index (χ4n) is 1.22. The van der Waals surface area contributed by atoms with Gasteiger partial charge < -0.3 is 25.4 Å². The average molecular weight is 279 g/mol. The quantitative estimate of drug-likeness (QED) is 0.383. The number of aliphatic hydroxyl groups is 1. The maximum atomic E-state index is 11.4. The lowest BCUT2D eigenvalue weighted by Gasteiger charge is -2.19. The molecule has 18 heavy (non-hydrogen) atoms. The van der Waals surface area contributed by atoms with Crippen LogP contribution < -0.4 is 11.4 Å². The fourth-order valence-corrected chi connectivity index (χ4v) is 1.58. The molecule has 0 aliphatic carbocycles. The first-order chi connectivity index (χ1) is 8.21. The van der Waals surface area contributed by atoms with E-state index in [2.05, 4.69) is 9.72 Å². The molecule has 0 bridgehead atoms. The molecule has 0 fully saturated rings. The topological polar surface area (TPSA) is 148 Å². The summed E-state index contributed by atoms with van der Waals surface area (Å²) in [6.45, 7) is 1.34. The van der Waals surface area contributed by atoms with Crippen molar-refractivity contribution >= 4 is 13.4 Å². The molecule has 10 heteroatoms. The van der Waals surface area contributed by atoms with E-state index in [1.54, 1.807) is 0 Å². The molecule has 1 aromatic heterocycles. The molecule has 9 nitrogen and oxygen atoms in total. The van der Waals surface area contributed by atoms with E-state index in [1.165, 1.54) is 19.2 Å². The third kappa shape index (κ3) is 3.90. The average Bonchev–Trinajstić information content (AvgIpc) is 2.22. The van der Waals surface area contributed by atoms with Gasteiger partial charge in [0.05, 0.1) is 12.6 Å². The van der Waals surface area contributed by atoms with Gasteiger partial charge in [0.1, 0.15) is 5.82 Å². The third-order valence-corrected chi connectivity index (χ3v) is 2.75. The van der Waals surface area contributed by atoms with Gasteiger partial charge in [0.25, 0.3) is 6.03 Å². The van der Waals surface area contributed by atoms with Gasteiger partial charge in [-0.05, 0) is 13.0 Å². The summed E-state index contributed by atoms with van der Waals surface area (Å²) in [4.78, 5) is 32.1. The van der Waals surface area contributed by atoms with Crippen LogP contribution >= 0.6 is 7.60 Å². The van der Waals surface area contributed by atoms with Gasteiger partial charge in [-0.2, -0.15) is 0 Å². The second kappa shape index (κ2) is 5.59. The Morgan fingerprint density at radius 3 is 2.72 bits per heavy atom. The number of hydrogen-bond acceptors (Lipinski definition) is 6. The van der Waals surface area contributed by atoms with Crippen molar-refractivity contribution < 1.29 is 24.2 Å². The summed E-state index contributed by atoms with van der Waals surface area (Å²) in [5.74, 6) is 0.135. The lowest BCUT2D eigenvalue weighted by atomic mass is 10.4. The molecule has 0 aromatic carbocycles. The molecule has 5 N–H and O–H groups in total. The molecule has 102 valence electrons. The zero-order valence-corrected chi connectivity index (χ0v) is 10.4.